The largest absolute Gasteiger partial charge is 0.475 e. The number of furan rings is 1. The van der Waals surface area contributed by atoms with E-state index in [4.69, 9.17) is 4.42 Å². The van der Waals surface area contributed by atoms with E-state index < -0.39 is 11.9 Å². The molecule has 5 nitrogen and oxygen atoms in total. The normalized spacial score (nSPS) is 11.0. The molecule has 0 unspecified atom stereocenters. The number of carboxylic acid groups (broad SMARTS) is 1. The van der Waals surface area contributed by atoms with Gasteiger partial charge in [0.25, 0.3) is 0 Å². The van der Waals surface area contributed by atoms with Gasteiger partial charge in [-0.3, -0.25) is 4.79 Å². The van der Waals surface area contributed by atoms with Crippen molar-refractivity contribution >= 4 is 34.6 Å². The number of fused-ring (bicyclic) bond motifs is 1. The Bertz CT molecular complexity index is 894. The number of nitrogens with one attached hydrogen (secondary N) is 1. The van der Waals surface area contributed by atoms with E-state index in [-0.39, 0.29) is 11.4 Å². The number of carbonyl (C=O) groups excluding carboxylic acids is 1. The number of rotatable bonds is 4. The number of carbonyl (C=O) groups is 2. The maximum Gasteiger partial charge on any atom is 0.374 e. The van der Waals surface area contributed by atoms with Gasteiger partial charge in [0.15, 0.2) is 0 Å². The molecule has 0 saturated carbocycles. The van der Waals surface area contributed by atoms with Gasteiger partial charge in [-0.05, 0) is 23.8 Å². The molecule has 5 heteroatoms. The van der Waals surface area contributed by atoms with Gasteiger partial charge in [-0.25, -0.2) is 4.79 Å². The Kier molecular flexibility index (Phi) is 3.93. The summed E-state index contributed by atoms with van der Waals surface area (Å²) in [5.74, 6) is -1.95. The molecule has 1 heterocycles. The van der Waals surface area contributed by atoms with Crippen molar-refractivity contribution in [3.8, 4) is 0 Å². The molecule has 0 saturated heterocycles. The first-order valence-corrected chi connectivity index (χ1v) is 6.94. The number of para-hydroxylation sites is 1. The number of aromatic carboxylic acids is 1. The zero-order chi connectivity index (χ0) is 16.2. The number of anilines is 1. The van der Waals surface area contributed by atoms with Gasteiger partial charge < -0.3 is 14.8 Å². The third kappa shape index (κ3) is 3.13. The van der Waals surface area contributed by atoms with Crippen LogP contribution >= 0.6 is 0 Å². The van der Waals surface area contributed by atoms with E-state index in [1.807, 2.05) is 30.3 Å². The van der Waals surface area contributed by atoms with Gasteiger partial charge in [0, 0.05) is 11.5 Å². The standard InChI is InChI=1S/C18H13NO4/c20-15(11-10-12-6-2-1-3-7-12)19-16-13-8-4-5-9-14(13)23-17(16)18(21)22/h1-11H,(H,19,20)(H,21,22)/b11-10+. The monoisotopic (exact) mass is 307 g/mol. The summed E-state index contributed by atoms with van der Waals surface area (Å²) in [7, 11) is 0. The van der Waals surface area contributed by atoms with Gasteiger partial charge in [-0.15, -0.1) is 0 Å². The third-order valence-corrected chi connectivity index (χ3v) is 3.26. The summed E-state index contributed by atoms with van der Waals surface area (Å²) in [6, 6.07) is 16.2. The fourth-order valence-corrected chi connectivity index (χ4v) is 2.22. The Morgan fingerprint density at radius 3 is 2.43 bits per heavy atom. The van der Waals surface area contributed by atoms with Crippen LogP contribution in [0.3, 0.4) is 0 Å². The molecule has 0 aliphatic rings. The van der Waals surface area contributed by atoms with E-state index in [0.717, 1.165) is 5.56 Å². The van der Waals surface area contributed by atoms with E-state index in [9.17, 15) is 14.7 Å². The second-order valence-corrected chi connectivity index (χ2v) is 4.84. The van der Waals surface area contributed by atoms with Crippen LogP contribution in [0.5, 0.6) is 0 Å². The van der Waals surface area contributed by atoms with Gasteiger partial charge in [0.05, 0.1) is 0 Å². The van der Waals surface area contributed by atoms with Crippen LogP contribution in [0.2, 0.25) is 0 Å². The summed E-state index contributed by atoms with van der Waals surface area (Å²) in [4.78, 5) is 23.4. The summed E-state index contributed by atoms with van der Waals surface area (Å²) in [5.41, 5.74) is 1.45. The topological polar surface area (TPSA) is 79.5 Å². The van der Waals surface area contributed by atoms with E-state index in [1.165, 1.54) is 6.08 Å². The molecular formula is C18H13NO4. The molecule has 1 aromatic heterocycles. The summed E-state index contributed by atoms with van der Waals surface area (Å²) < 4.78 is 5.29. The van der Waals surface area contributed by atoms with Gasteiger partial charge in [-0.1, -0.05) is 42.5 Å². The van der Waals surface area contributed by atoms with Crippen LogP contribution in [0.1, 0.15) is 16.1 Å². The number of amides is 1. The fourth-order valence-electron chi connectivity index (χ4n) is 2.22. The minimum atomic E-state index is -1.23. The lowest BCUT2D eigenvalue weighted by molar-refractivity contribution is -0.111. The first-order valence-electron chi connectivity index (χ1n) is 6.94. The summed E-state index contributed by atoms with van der Waals surface area (Å²) in [6.45, 7) is 0. The summed E-state index contributed by atoms with van der Waals surface area (Å²) in [6.07, 6.45) is 3.00. The van der Waals surface area contributed by atoms with Gasteiger partial charge in [-0.2, -0.15) is 0 Å². The highest BCUT2D eigenvalue weighted by Crippen LogP contribution is 2.30. The molecule has 0 aliphatic heterocycles. The van der Waals surface area contributed by atoms with E-state index in [2.05, 4.69) is 5.32 Å². The van der Waals surface area contributed by atoms with Gasteiger partial charge >= 0.3 is 5.97 Å². The van der Waals surface area contributed by atoms with Crippen LogP contribution in [0, 0.1) is 0 Å². The van der Waals surface area contributed by atoms with Crippen molar-refractivity contribution in [1.29, 1.82) is 0 Å². The Morgan fingerprint density at radius 2 is 1.70 bits per heavy atom. The average molecular weight is 307 g/mol. The predicted octanol–water partition coefficient (Wildman–Crippen LogP) is 3.78. The highest BCUT2D eigenvalue weighted by atomic mass is 16.4. The van der Waals surface area contributed by atoms with Crippen molar-refractivity contribution in [3.05, 3.63) is 72.0 Å². The zero-order valence-electron chi connectivity index (χ0n) is 12.0. The average Bonchev–Trinajstić information content (AvgIpc) is 2.93. The molecule has 0 aliphatic carbocycles. The molecule has 0 spiro atoms. The highest BCUT2D eigenvalue weighted by molar-refractivity contribution is 6.12. The smallest absolute Gasteiger partial charge is 0.374 e. The Balaban J connectivity index is 1.89. The predicted molar refractivity (Wildman–Crippen MR) is 87.3 cm³/mol. The Labute approximate surface area is 131 Å². The Hall–Kier alpha value is -3.34. The second kappa shape index (κ2) is 6.19. The molecule has 0 atom stereocenters. The van der Waals surface area contributed by atoms with Crippen LogP contribution < -0.4 is 5.32 Å². The SMILES string of the molecule is O=C(/C=C/c1ccccc1)Nc1c(C(=O)O)oc2ccccc12. The fraction of sp³-hybridized carbons (Fsp3) is 0. The summed E-state index contributed by atoms with van der Waals surface area (Å²) in [5, 5.41) is 12.4. The second-order valence-electron chi connectivity index (χ2n) is 4.84. The third-order valence-electron chi connectivity index (χ3n) is 3.26. The molecule has 0 radical (unpaired) electrons. The highest BCUT2D eigenvalue weighted by Gasteiger charge is 2.20. The molecule has 3 aromatic rings. The molecule has 3 rings (SSSR count). The quantitative estimate of drug-likeness (QED) is 0.719. The van der Waals surface area contributed by atoms with Crippen molar-refractivity contribution in [3.63, 3.8) is 0 Å². The van der Waals surface area contributed by atoms with Crippen LogP contribution in [0.25, 0.3) is 17.0 Å². The van der Waals surface area contributed by atoms with Crippen LogP contribution in [0.15, 0.2) is 65.1 Å². The van der Waals surface area contributed by atoms with E-state index in [1.54, 1.807) is 30.3 Å². The first-order chi connectivity index (χ1) is 11.1. The van der Waals surface area contributed by atoms with E-state index in [0.29, 0.717) is 11.0 Å². The van der Waals surface area contributed by atoms with Gasteiger partial charge in [0.2, 0.25) is 11.7 Å². The summed E-state index contributed by atoms with van der Waals surface area (Å²) >= 11 is 0. The number of benzene rings is 2. The van der Waals surface area contributed by atoms with Crippen molar-refractivity contribution in [1.82, 2.24) is 0 Å². The molecular weight excluding hydrogens is 294 g/mol. The van der Waals surface area contributed by atoms with E-state index >= 15 is 0 Å². The number of hydrogen-bond acceptors (Lipinski definition) is 3. The number of carboxylic acids is 1. The van der Waals surface area contributed by atoms with Gasteiger partial charge in [0.1, 0.15) is 11.3 Å². The lowest BCUT2D eigenvalue weighted by Gasteiger charge is -2.01. The van der Waals surface area contributed by atoms with Crippen LogP contribution in [0.4, 0.5) is 5.69 Å². The molecule has 2 N–H and O–H groups in total. The lowest BCUT2D eigenvalue weighted by atomic mass is 10.2. The maximum atomic E-state index is 12.1. The van der Waals surface area contributed by atoms with Crippen LogP contribution in [-0.4, -0.2) is 17.0 Å². The van der Waals surface area contributed by atoms with Crippen molar-refractivity contribution in [2.75, 3.05) is 5.32 Å². The van der Waals surface area contributed by atoms with Crippen molar-refractivity contribution < 1.29 is 19.1 Å². The minimum Gasteiger partial charge on any atom is -0.475 e. The zero-order valence-corrected chi connectivity index (χ0v) is 12.0. The lowest BCUT2D eigenvalue weighted by Crippen LogP contribution is -2.10. The first kappa shape index (κ1) is 14.6. The number of hydrogen-bond donors (Lipinski definition) is 2. The minimum absolute atomic E-state index is 0.163. The molecule has 1 amide bonds. The molecule has 23 heavy (non-hydrogen) atoms. The molecule has 2 aromatic carbocycles. The molecule has 0 fully saturated rings. The van der Waals surface area contributed by atoms with Crippen LogP contribution in [-0.2, 0) is 4.79 Å². The van der Waals surface area contributed by atoms with Crippen molar-refractivity contribution in [2.24, 2.45) is 0 Å². The Morgan fingerprint density at radius 1 is 1.00 bits per heavy atom. The molecule has 114 valence electrons. The molecule has 0 bridgehead atoms. The maximum absolute atomic E-state index is 12.1. The van der Waals surface area contributed by atoms with Crippen molar-refractivity contribution in [2.45, 2.75) is 0 Å².